The average molecular weight is 284 g/mol. The summed E-state index contributed by atoms with van der Waals surface area (Å²) in [7, 11) is 0. The summed E-state index contributed by atoms with van der Waals surface area (Å²) in [5.74, 6) is 4.31. The first-order valence-corrected chi connectivity index (χ1v) is 9.05. The monoisotopic (exact) mass is 284 g/mol. The molecule has 4 rings (SSSR count). The van der Waals surface area contributed by atoms with E-state index in [2.05, 4.69) is 25.7 Å². The Balaban J connectivity index is 1.71. The van der Waals surface area contributed by atoms with Gasteiger partial charge in [-0.1, -0.05) is 31.2 Å². The zero-order valence-corrected chi connectivity index (χ0v) is 13.3. The van der Waals surface area contributed by atoms with E-state index in [4.69, 9.17) is 0 Å². The molecule has 0 saturated heterocycles. The molecule has 0 aromatic carbocycles. The molecule has 4 aliphatic rings. The molecule has 4 aliphatic carbocycles. The number of hydrogen-bond donors (Lipinski definition) is 0. The van der Waals surface area contributed by atoms with Crippen molar-refractivity contribution in [3.05, 3.63) is 24.3 Å². The molecule has 0 aromatic rings. The Morgan fingerprint density at radius 3 is 2.90 bits per heavy atom. The molecule has 0 amide bonds. The molecule has 0 spiro atoms. The molecule has 1 heteroatoms. The minimum Gasteiger partial charge on any atom is -0.299 e. The molecular formula is C20H28O. The van der Waals surface area contributed by atoms with Gasteiger partial charge in [0.2, 0.25) is 0 Å². The minimum atomic E-state index is -0.0183. The standard InChI is InChI=1S/C20H28O/c1-3-20-12-13(2)19-15-7-5-4-6-14(15)8-9-16(19)17(20)10-11-18(20)21/h4,6,14-17,19H,2-3,5,7-12H2,1H3/t14?,15-,16-,17-,19+,20-/m0/s1. The van der Waals surface area contributed by atoms with E-state index < -0.39 is 0 Å². The first-order chi connectivity index (χ1) is 10.2. The molecule has 0 aromatic heterocycles. The first kappa shape index (κ1) is 13.8. The minimum absolute atomic E-state index is 0.0183. The van der Waals surface area contributed by atoms with Gasteiger partial charge in [-0.15, -0.1) is 0 Å². The first-order valence-electron chi connectivity index (χ1n) is 9.05. The number of allylic oxidation sites excluding steroid dienone is 3. The number of carbonyl (C=O) groups is 1. The molecule has 0 N–H and O–H groups in total. The van der Waals surface area contributed by atoms with Crippen molar-refractivity contribution < 1.29 is 4.79 Å². The molecule has 21 heavy (non-hydrogen) atoms. The molecule has 1 nitrogen and oxygen atoms in total. The molecule has 3 fully saturated rings. The van der Waals surface area contributed by atoms with Crippen LogP contribution < -0.4 is 0 Å². The third-order valence-electron chi connectivity index (χ3n) is 7.46. The van der Waals surface area contributed by atoms with Crippen LogP contribution in [0.25, 0.3) is 0 Å². The highest BCUT2D eigenvalue weighted by Crippen LogP contribution is 2.63. The fraction of sp³-hybridized carbons (Fsp3) is 0.750. The summed E-state index contributed by atoms with van der Waals surface area (Å²) < 4.78 is 0. The van der Waals surface area contributed by atoms with E-state index in [1.807, 2.05) is 0 Å². The van der Waals surface area contributed by atoms with Gasteiger partial charge in [0.25, 0.3) is 0 Å². The maximum atomic E-state index is 12.6. The second-order valence-electron chi connectivity index (χ2n) is 8.01. The van der Waals surface area contributed by atoms with Crippen LogP contribution >= 0.6 is 0 Å². The highest BCUT2D eigenvalue weighted by atomic mass is 16.1. The van der Waals surface area contributed by atoms with E-state index in [-0.39, 0.29) is 5.41 Å². The number of rotatable bonds is 1. The summed E-state index contributed by atoms with van der Waals surface area (Å²) in [5.41, 5.74) is 1.41. The van der Waals surface area contributed by atoms with Crippen molar-refractivity contribution in [1.29, 1.82) is 0 Å². The summed E-state index contributed by atoms with van der Waals surface area (Å²) in [5, 5.41) is 0. The Kier molecular flexibility index (Phi) is 3.17. The molecule has 6 atom stereocenters. The fourth-order valence-electron chi connectivity index (χ4n) is 6.59. The fourth-order valence-corrected chi connectivity index (χ4v) is 6.59. The lowest BCUT2D eigenvalue weighted by Gasteiger charge is -2.55. The molecule has 0 bridgehead atoms. The summed E-state index contributed by atoms with van der Waals surface area (Å²) in [6, 6.07) is 0. The van der Waals surface area contributed by atoms with Gasteiger partial charge in [0.15, 0.2) is 0 Å². The van der Waals surface area contributed by atoms with Crippen molar-refractivity contribution in [2.24, 2.45) is 35.0 Å². The quantitative estimate of drug-likeness (QED) is 0.624. The normalized spacial score (nSPS) is 48.7. The zero-order chi connectivity index (χ0) is 14.6. The van der Waals surface area contributed by atoms with Gasteiger partial charge in [0, 0.05) is 11.8 Å². The third-order valence-corrected chi connectivity index (χ3v) is 7.46. The van der Waals surface area contributed by atoms with Crippen molar-refractivity contribution in [3.8, 4) is 0 Å². The lowest BCUT2D eigenvalue weighted by molar-refractivity contribution is -0.131. The largest absolute Gasteiger partial charge is 0.299 e. The van der Waals surface area contributed by atoms with E-state index in [9.17, 15) is 4.79 Å². The number of Topliss-reactive ketones (excluding diaryl/α,β-unsaturated/α-hetero) is 1. The second kappa shape index (κ2) is 4.83. The molecule has 0 radical (unpaired) electrons. The lowest BCUT2D eigenvalue weighted by Crippen LogP contribution is -2.49. The summed E-state index contributed by atoms with van der Waals surface area (Å²) >= 11 is 0. The summed E-state index contributed by atoms with van der Waals surface area (Å²) in [6.07, 6.45) is 14.2. The maximum Gasteiger partial charge on any atom is 0.139 e. The molecule has 0 aliphatic heterocycles. The SMILES string of the molecule is C=C1C[C@]2(CC)C(=O)CC[C@H]2[C@@H]2CCC3C=CCC[C@@H]3[C@@H]12. The van der Waals surface area contributed by atoms with Crippen LogP contribution in [-0.2, 0) is 4.79 Å². The van der Waals surface area contributed by atoms with E-state index >= 15 is 0 Å². The number of fused-ring (bicyclic) bond motifs is 5. The van der Waals surface area contributed by atoms with Crippen molar-refractivity contribution in [2.75, 3.05) is 0 Å². The van der Waals surface area contributed by atoms with Crippen LogP contribution in [0.3, 0.4) is 0 Å². The van der Waals surface area contributed by atoms with Crippen LogP contribution in [-0.4, -0.2) is 5.78 Å². The number of carbonyl (C=O) groups excluding carboxylic acids is 1. The second-order valence-corrected chi connectivity index (χ2v) is 8.01. The van der Waals surface area contributed by atoms with Crippen molar-refractivity contribution >= 4 is 5.78 Å². The van der Waals surface area contributed by atoms with E-state index in [1.165, 1.54) is 31.3 Å². The number of hydrogen-bond acceptors (Lipinski definition) is 1. The van der Waals surface area contributed by atoms with Gasteiger partial charge < -0.3 is 0 Å². The van der Waals surface area contributed by atoms with Gasteiger partial charge in [-0.05, 0) is 74.5 Å². The van der Waals surface area contributed by atoms with Crippen LogP contribution in [0.5, 0.6) is 0 Å². The Morgan fingerprint density at radius 2 is 2.10 bits per heavy atom. The highest BCUT2D eigenvalue weighted by molar-refractivity contribution is 5.88. The van der Waals surface area contributed by atoms with E-state index in [0.717, 1.165) is 43.4 Å². The lowest BCUT2D eigenvalue weighted by atomic mass is 9.49. The third kappa shape index (κ3) is 1.79. The van der Waals surface area contributed by atoms with Crippen LogP contribution in [0.2, 0.25) is 0 Å². The highest BCUT2D eigenvalue weighted by Gasteiger charge is 2.58. The van der Waals surface area contributed by atoms with Gasteiger partial charge in [0.05, 0.1) is 0 Å². The maximum absolute atomic E-state index is 12.6. The number of ketones is 1. The molecular weight excluding hydrogens is 256 g/mol. The Hall–Kier alpha value is -0.850. The van der Waals surface area contributed by atoms with Crippen LogP contribution in [0.1, 0.15) is 58.3 Å². The van der Waals surface area contributed by atoms with E-state index in [1.54, 1.807) is 0 Å². The molecule has 3 saturated carbocycles. The van der Waals surface area contributed by atoms with Gasteiger partial charge in [-0.3, -0.25) is 4.79 Å². The predicted molar refractivity (Wildman–Crippen MR) is 85.8 cm³/mol. The van der Waals surface area contributed by atoms with Crippen LogP contribution in [0.15, 0.2) is 24.3 Å². The van der Waals surface area contributed by atoms with Gasteiger partial charge in [-0.2, -0.15) is 0 Å². The van der Waals surface area contributed by atoms with E-state index in [0.29, 0.717) is 17.6 Å². The topological polar surface area (TPSA) is 17.1 Å². The summed E-state index contributed by atoms with van der Waals surface area (Å²) in [4.78, 5) is 12.6. The van der Waals surface area contributed by atoms with Crippen molar-refractivity contribution in [3.63, 3.8) is 0 Å². The van der Waals surface area contributed by atoms with Gasteiger partial charge >= 0.3 is 0 Å². The Labute approximate surface area is 128 Å². The van der Waals surface area contributed by atoms with Crippen molar-refractivity contribution in [1.82, 2.24) is 0 Å². The van der Waals surface area contributed by atoms with Crippen LogP contribution in [0, 0.1) is 35.0 Å². The van der Waals surface area contributed by atoms with Gasteiger partial charge in [0.1, 0.15) is 5.78 Å². The molecule has 0 heterocycles. The average Bonchev–Trinajstić information content (AvgIpc) is 2.84. The zero-order valence-electron chi connectivity index (χ0n) is 13.3. The Morgan fingerprint density at radius 1 is 1.24 bits per heavy atom. The molecule has 114 valence electrons. The van der Waals surface area contributed by atoms with Crippen molar-refractivity contribution in [2.45, 2.75) is 58.3 Å². The summed E-state index contributed by atoms with van der Waals surface area (Å²) in [6.45, 7) is 6.74. The van der Waals surface area contributed by atoms with Gasteiger partial charge in [-0.25, -0.2) is 0 Å². The Bertz CT molecular complexity index is 502. The van der Waals surface area contributed by atoms with Crippen LogP contribution in [0.4, 0.5) is 0 Å². The molecule has 1 unspecified atom stereocenters. The predicted octanol–water partition coefficient (Wildman–Crippen LogP) is 4.93. The smallest absolute Gasteiger partial charge is 0.139 e.